The fourth-order valence-electron chi connectivity index (χ4n) is 3.53. The van der Waals surface area contributed by atoms with Gasteiger partial charge in [-0.15, -0.1) is 6.42 Å². The normalized spacial score (nSPS) is 10.8. The van der Waals surface area contributed by atoms with Crippen molar-refractivity contribution < 1.29 is 14.3 Å². The van der Waals surface area contributed by atoms with Gasteiger partial charge < -0.3 is 9.47 Å². The van der Waals surface area contributed by atoms with Crippen molar-refractivity contribution in [2.45, 2.75) is 6.92 Å². The van der Waals surface area contributed by atoms with Gasteiger partial charge >= 0.3 is 0 Å². The van der Waals surface area contributed by atoms with Crippen molar-refractivity contribution in [2.75, 3.05) is 13.2 Å². The highest BCUT2D eigenvalue weighted by atomic mass is 127. The van der Waals surface area contributed by atoms with Gasteiger partial charge in [-0.3, -0.25) is 4.79 Å². The Kier molecular flexibility index (Phi) is 7.95. The summed E-state index contributed by atoms with van der Waals surface area (Å²) in [6.45, 7) is 2.50. The fourth-order valence-corrected chi connectivity index (χ4v) is 4.31. The lowest BCUT2D eigenvalue weighted by Crippen LogP contribution is -2.18. The zero-order valence-electron chi connectivity index (χ0n) is 19.0. The average Bonchev–Trinajstić information content (AvgIpc) is 2.88. The molecule has 6 nitrogen and oxygen atoms in total. The van der Waals surface area contributed by atoms with Crippen LogP contribution in [0.2, 0.25) is 0 Å². The summed E-state index contributed by atoms with van der Waals surface area (Å²) in [7, 11) is 0. The second kappa shape index (κ2) is 11.5. The molecule has 0 aliphatic carbocycles. The maximum Gasteiger partial charge on any atom is 0.272 e. The first-order valence-electron chi connectivity index (χ1n) is 10.9. The molecule has 0 saturated heterocycles. The van der Waals surface area contributed by atoms with E-state index in [9.17, 15) is 4.79 Å². The molecule has 7 heteroatoms. The van der Waals surface area contributed by atoms with Gasteiger partial charge in [-0.1, -0.05) is 54.5 Å². The number of para-hydroxylation sites is 1. The first kappa shape index (κ1) is 24.2. The number of fused-ring (bicyclic) bond motifs is 1. The highest BCUT2D eigenvalue weighted by molar-refractivity contribution is 14.1. The maximum absolute atomic E-state index is 13.1. The van der Waals surface area contributed by atoms with Crippen LogP contribution in [-0.4, -0.2) is 30.3 Å². The molecule has 0 spiro atoms. The van der Waals surface area contributed by atoms with Crippen molar-refractivity contribution in [1.82, 2.24) is 10.4 Å². The lowest BCUT2D eigenvalue weighted by molar-refractivity contribution is 0.0956. The third-order valence-corrected chi connectivity index (χ3v) is 5.84. The van der Waals surface area contributed by atoms with E-state index in [2.05, 4.69) is 39.0 Å². The first-order chi connectivity index (χ1) is 17.1. The molecule has 1 amide bonds. The molecule has 0 saturated carbocycles. The number of aromatic nitrogens is 1. The zero-order valence-corrected chi connectivity index (χ0v) is 21.2. The van der Waals surface area contributed by atoms with Crippen molar-refractivity contribution in [3.8, 4) is 35.1 Å². The second-order valence-corrected chi connectivity index (χ2v) is 8.56. The summed E-state index contributed by atoms with van der Waals surface area (Å²) in [6, 6.07) is 22.8. The van der Waals surface area contributed by atoms with Crippen LogP contribution in [0.25, 0.3) is 22.2 Å². The summed E-state index contributed by atoms with van der Waals surface area (Å²) in [4.78, 5) is 17.8. The van der Waals surface area contributed by atoms with Crippen molar-refractivity contribution >= 4 is 45.6 Å². The van der Waals surface area contributed by atoms with Crippen molar-refractivity contribution in [2.24, 2.45) is 5.10 Å². The molecule has 35 heavy (non-hydrogen) atoms. The number of terminal acetylenes is 1. The number of pyridine rings is 1. The predicted octanol–water partition coefficient (Wildman–Crippen LogP) is 5.68. The molecule has 1 N–H and O–H groups in total. The molecule has 0 bridgehead atoms. The van der Waals surface area contributed by atoms with Crippen LogP contribution in [0.3, 0.4) is 0 Å². The molecule has 0 radical (unpaired) electrons. The van der Waals surface area contributed by atoms with Gasteiger partial charge in [0, 0.05) is 10.9 Å². The molecule has 0 aliphatic heterocycles. The van der Waals surface area contributed by atoms with Crippen molar-refractivity contribution in [1.29, 1.82) is 0 Å². The second-order valence-electron chi connectivity index (χ2n) is 7.39. The number of nitrogens with zero attached hydrogens (tertiary/aromatic N) is 2. The van der Waals surface area contributed by atoms with E-state index in [-0.39, 0.29) is 12.5 Å². The van der Waals surface area contributed by atoms with Crippen LogP contribution in [0.4, 0.5) is 0 Å². The Balaban J connectivity index is 1.61. The molecule has 0 unspecified atom stereocenters. The Morgan fingerprint density at radius 3 is 2.66 bits per heavy atom. The standard InChI is InChI=1S/C28H22IN3O3/c1-3-14-35-27-23(29)15-19(16-26(27)34-4-2)18-30-32-28(33)22-17-25(20-10-6-5-7-11-20)31-24-13-9-8-12-21(22)24/h1,5-13,15-18H,4,14H2,2H3,(H,32,33)/b30-18+. The minimum Gasteiger partial charge on any atom is -0.490 e. The summed E-state index contributed by atoms with van der Waals surface area (Å²) in [6.07, 6.45) is 6.88. The van der Waals surface area contributed by atoms with E-state index in [0.717, 1.165) is 31.3 Å². The molecular weight excluding hydrogens is 553 g/mol. The van der Waals surface area contributed by atoms with Gasteiger partial charge in [-0.25, -0.2) is 10.4 Å². The minimum atomic E-state index is -0.328. The van der Waals surface area contributed by atoms with E-state index in [1.165, 1.54) is 0 Å². The number of halogens is 1. The van der Waals surface area contributed by atoms with Gasteiger partial charge in [0.25, 0.3) is 5.91 Å². The average molecular weight is 575 g/mol. The van der Waals surface area contributed by atoms with Crippen LogP contribution in [0.1, 0.15) is 22.8 Å². The van der Waals surface area contributed by atoms with E-state index < -0.39 is 0 Å². The summed E-state index contributed by atoms with van der Waals surface area (Å²) in [5, 5.41) is 4.94. The smallest absolute Gasteiger partial charge is 0.272 e. The van der Waals surface area contributed by atoms with Crippen LogP contribution in [0, 0.1) is 15.9 Å². The van der Waals surface area contributed by atoms with E-state index in [0.29, 0.717) is 23.7 Å². The number of amides is 1. The van der Waals surface area contributed by atoms with Crippen LogP contribution in [0.15, 0.2) is 77.9 Å². The minimum absolute atomic E-state index is 0.143. The Labute approximate surface area is 217 Å². The molecule has 3 aromatic carbocycles. The highest BCUT2D eigenvalue weighted by Crippen LogP contribution is 2.34. The summed E-state index contributed by atoms with van der Waals surface area (Å²) in [5.74, 6) is 3.28. The number of rotatable bonds is 8. The summed E-state index contributed by atoms with van der Waals surface area (Å²) in [5.41, 5.74) is 6.27. The largest absolute Gasteiger partial charge is 0.490 e. The number of ether oxygens (including phenoxy) is 2. The molecule has 1 heterocycles. The SMILES string of the molecule is C#CCOc1c(I)cc(/C=N/NC(=O)c2cc(-c3ccccc3)nc3ccccc23)cc1OCC. The quantitative estimate of drug-likeness (QED) is 0.127. The Morgan fingerprint density at radius 1 is 1.11 bits per heavy atom. The predicted molar refractivity (Wildman–Crippen MR) is 147 cm³/mol. The van der Waals surface area contributed by atoms with E-state index in [1.807, 2.05) is 67.6 Å². The van der Waals surface area contributed by atoms with Gasteiger partial charge in [0.05, 0.1) is 33.2 Å². The van der Waals surface area contributed by atoms with Crippen molar-refractivity contribution in [3.63, 3.8) is 0 Å². The number of carbonyl (C=O) groups excluding carboxylic acids is 1. The maximum atomic E-state index is 13.1. The van der Waals surface area contributed by atoms with Crippen LogP contribution >= 0.6 is 22.6 Å². The number of benzene rings is 3. The van der Waals surface area contributed by atoms with Gasteiger partial charge in [0.2, 0.25) is 0 Å². The molecular formula is C28H22IN3O3. The van der Waals surface area contributed by atoms with Crippen LogP contribution in [-0.2, 0) is 0 Å². The van der Waals surface area contributed by atoms with Crippen LogP contribution < -0.4 is 14.9 Å². The number of hydrogen-bond donors (Lipinski definition) is 1. The fraction of sp³-hybridized carbons (Fsp3) is 0.107. The third kappa shape index (κ3) is 5.78. The molecule has 174 valence electrons. The first-order valence-corrected chi connectivity index (χ1v) is 12.0. The van der Waals surface area contributed by atoms with Gasteiger partial charge in [0.15, 0.2) is 11.5 Å². The van der Waals surface area contributed by atoms with Crippen LogP contribution in [0.5, 0.6) is 11.5 Å². The number of hydrogen-bond acceptors (Lipinski definition) is 5. The molecule has 0 aliphatic rings. The Hall–Kier alpha value is -3.90. The Morgan fingerprint density at radius 2 is 1.89 bits per heavy atom. The van der Waals surface area contributed by atoms with Crippen molar-refractivity contribution in [3.05, 3.63) is 87.5 Å². The van der Waals surface area contributed by atoms with Gasteiger partial charge in [-0.2, -0.15) is 5.10 Å². The highest BCUT2D eigenvalue weighted by Gasteiger charge is 2.14. The molecule has 0 atom stereocenters. The lowest BCUT2D eigenvalue weighted by atomic mass is 10.0. The van der Waals surface area contributed by atoms with E-state index in [1.54, 1.807) is 18.3 Å². The lowest BCUT2D eigenvalue weighted by Gasteiger charge is -2.13. The zero-order chi connectivity index (χ0) is 24.6. The monoisotopic (exact) mass is 575 g/mol. The topological polar surface area (TPSA) is 72.8 Å². The Bertz CT molecular complexity index is 1430. The van der Waals surface area contributed by atoms with Gasteiger partial charge in [-0.05, 0) is 59.3 Å². The number of hydrazone groups is 1. The summed E-state index contributed by atoms with van der Waals surface area (Å²) < 4.78 is 12.1. The molecule has 0 fully saturated rings. The molecule has 4 rings (SSSR count). The van der Waals surface area contributed by atoms with E-state index >= 15 is 0 Å². The number of carbonyl (C=O) groups is 1. The van der Waals surface area contributed by atoms with E-state index in [4.69, 9.17) is 20.9 Å². The molecule has 1 aromatic heterocycles. The van der Waals surface area contributed by atoms with Gasteiger partial charge in [0.1, 0.15) is 6.61 Å². The third-order valence-electron chi connectivity index (χ3n) is 5.04. The molecule has 4 aromatic rings. The summed E-state index contributed by atoms with van der Waals surface area (Å²) >= 11 is 2.15. The number of nitrogens with one attached hydrogen (secondary N) is 1.